The second kappa shape index (κ2) is 4.11. The van der Waals surface area contributed by atoms with Crippen LogP contribution in [0, 0.1) is 0 Å². The van der Waals surface area contributed by atoms with Gasteiger partial charge in [-0.15, -0.1) is 23.5 Å². The molecule has 0 bridgehead atoms. The maximum absolute atomic E-state index is 10.9. The highest BCUT2D eigenvalue weighted by Crippen LogP contribution is 2.40. The maximum atomic E-state index is 10.9. The summed E-state index contributed by atoms with van der Waals surface area (Å²) in [5, 5.41) is 12.0. The first-order chi connectivity index (χ1) is 6.79. The molecule has 0 fully saturated rings. The van der Waals surface area contributed by atoms with E-state index in [4.69, 9.17) is 5.11 Å². The first-order valence-corrected chi connectivity index (χ1v) is 6.10. The lowest BCUT2D eigenvalue weighted by Gasteiger charge is -2.04. The van der Waals surface area contributed by atoms with Crippen molar-refractivity contribution in [3.63, 3.8) is 0 Å². The van der Waals surface area contributed by atoms with Gasteiger partial charge in [0.05, 0.1) is 5.56 Å². The number of benzene rings is 1. The number of hydrogen-bond acceptors (Lipinski definition) is 3. The van der Waals surface area contributed by atoms with Crippen molar-refractivity contribution in [2.75, 3.05) is 5.08 Å². The zero-order chi connectivity index (χ0) is 9.97. The molecule has 0 spiro atoms. The van der Waals surface area contributed by atoms with Crippen LogP contribution in [0.25, 0.3) is 4.91 Å². The van der Waals surface area contributed by atoms with Crippen molar-refractivity contribution in [3.8, 4) is 0 Å². The Bertz CT molecular complexity index is 399. The van der Waals surface area contributed by atoms with Gasteiger partial charge in [-0.1, -0.05) is 18.2 Å². The third-order valence-electron chi connectivity index (χ3n) is 1.90. The van der Waals surface area contributed by atoms with E-state index in [9.17, 15) is 4.79 Å². The van der Waals surface area contributed by atoms with Gasteiger partial charge in [-0.05, 0) is 11.5 Å². The molecule has 0 radical (unpaired) electrons. The van der Waals surface area contributed by atoms with Gasteiger partial charge < -0.3 is 5.11 Å². The predicted octanol–water partition coefficient (Wildman–Crippen LogP) is 3.12. The van der Waals surface area contributed by atoms with Gasteiger partial charge in [0.1, 0.15) is 0 Å². The molecule has 1 N–H and O–H groups in total. The molecule has 14 heavy (non-hydrogen) atoms. The summed E-state index contributed by atoms with van der Waals surface area (Å²) in [6.07, 6.45) is 0. The van der Waals surface area contributed by atoms with E-state index in [1.165, 1.54) is 0 Å². The molecule has 1 heterocycles. The van der Waals surface area contributed by atoms with E-state index >= 15 is 0 Å². The minimum absolute atomic E-state index is 0.383. The molecule has 1 aliphatic heterocycles. The fraction of sp³-hybridized carbons (Fsp3) is 0.100. The zero-order valence-electron chi connectivity index (χ0n) is 7.27. The Morgan fingerprint density at radius 2 is 2.14 bits per heavy atom. The molecular weight excluding hydrogens is 216 g/mol. The zero-order valence-corrected chi connectivity index (χ0v) is 8.90. The smallest absolute Gasteiger partial charge is 0.336 e. The fourth-order valence-electron chi connectivity index (χ4n) is 1.27. The number of carboxylic acids is 1. The number of thioether (sulfide) groups is 2. The molecule has 72 valence electrons. The SMILES string of the molecule is O=C(O)c1ccccc1C1=CSCS1. The molecule has 1 aliphatic rings. The van der Waals surface area contributed by atoms with Gasteiger partial charge in [0.25, 0.3) is 0 Å². The monoisotopic (exact) mass is 224 g/mol. The Morgan fingerprint density at radius 1 is 1.36 bits per heavy atom. The van der Waals surface area contributed by atoms with Crippen LogP contribution in [0.3, 0.4) is 0 Å². The van der Waals surface area contributed by atoms with Crippen LogP contribution in [0.15, 0.2) is 29.7 Å². The summed E-state index contributed by atoms with van der Waals surface area (Å²) in [7, 11) is 0. The Hall–Kier alpha value is -0.870. The highest BCUT2D eigenvalue weighted by atomic mass is 32.2. The summed E-state index contributed by atoms with van der Waals surface area (Å²) >= 11 is 3.39. The van der Waals surface area contributed by atoms with Crippen molar-refractivity contribution in [1.82, 2.24) is 0 Å². The van der Waals surface area contributed by atoms with E-state index in [2.05, 4.69) is 0 Å². The first-order valence-electron chi connectivity index (χ1n) is 4.06. The Labute approximate surface area is 90.4 Å². The molecule has 0 aromatic heterocycles. The third-order valence-corrected chi connectivity index (χ3v) is 4.11. The average Bonchev–Trinajstić information content (AvgIpc) is 2.70. The number of carbonyl (C=O) groups is 1. The molecule has 0 unspecified atom stereocenters. The standard InChI is InChI=1S/C10H8O2S2/c11-10(12)8-4-2-1-3-7(8)9-5-13-6-14-9/h1-5H,6H2,(H,11,12). The van der Waals surface area contributed by atoms with Gasteiger partial charge in [-0.2, -0.15) is 0 Å². The Balaban J connectivity index is 2.46. The number of aromatic carboxylic acids is 1. The summed E-state index contributed by atoms with van der Waals surface area (Å²) in [6.45, 7) is 0. The number of hydrogen-bond donors (Lipinski definition) is 1. The van der Waals surface area contributed by atoms with Gasteiger partial charge in [-0.25, -0.2) is 4.79 Å². The largest absolute Gasteiger partial charge is 0.478 e. The lowest BCUT2D eigenvalue weighted by molar-refractivity contribution is 0.0696. The molecule has 2 rings (SSSR count). The van der Waals surface area contributed by atoms with E-state index < -0.39 is 5.97 Å². The van der Waals surface area contributed by atoms with Crippen LogP contribution in [0.1, 0.15) is 15.9 Å². The molecule has 0 aliphatic carbocycles. The normalized spacial score (nSPS) is 15.3. The molecule has 0 amide bonds. The van der Waals surface area contributed by atoms with Crippen molar-refractivity contribution in [2.45, 2.75) is 0 Å². The summed E-state index contributed by atoms with van der Waals surface area (Å²) in [5.41, 5.74) is 1.21. The van der Waals surface area contributed by atoms with E-state index in [0.29, 0.717) is 5.56 Å². The maximum Gasteiger partial charge on any atom is 0.336 e. The molecule has 1 aromatic carbocycles. The molecule has 0 atom stereocenters. The second-order valence-corrected chi connectivity index (χ2v) is 5.00. The third kappa shape index (κ3) is 1.81. The van der Waals surface area contributed by atoms with Crippen LogP contribution in [0.2, 0.25) is 0 Å². The predicted molar refractivity (Wildman–Crippen MR) is 61.4 cm³/mol. The van der Waals surface area contributed by atoms with Crippen LogP contribution in [0.4, 0.5) is 0 Å². The molecular formula is C10H8O2S2. The van der Waals surface area contributed by atoms with Crippen molar-refractivity contribution in [2.24, 2.45) is 0 Å². The minimum atomic E-state index is -0.862. The van der Waals surface area contributed by atoms with Gasteiger partial charge in [0.2, 0.25) is 0 Å². The van der Waals surface area contributed by atoms with Crippen molar-refractivity contribution in [3.05, 3.63) is 40.8 Å². The summed E-state index contributed by atoms with van der Waals surface area (Å²) in [4.78, 5) is 12.0. The summed E-state index contributed by atoms with van der Waals surface area (Å²) in [6, 6.07) is 7.11. The Morgan fingerprint density at radius 3 is 2.79 bits per heavy atom. The summed E-state index contributed by atoms with van der Waals surface area (Å²) < 4.78 is 0. The van der Waals surface area contributed by atoms with E-state index in [0.717, 1.165) is 15.6 Å². The van der Waals surface area contributed by atoms with Gasteiger partial charge in [0.15, 0.2) is 0 Å². The van der Waals surface area contributed by atoms with Gasteiger partial charge >= 0.3 is 5.97 Å². The van der Waals surface area contributed by atoms with Crippen LogP contribution in [0.5, 0.6) is 0 Å². The molecule has 1 aromatic rings. The van der Waals surface area contributed by atoms with Crippen molar-refractivity contribution >= 4 is 34.4 Å². The molecule has 4 heteroatoms. The number of rotatable bonds is 2. The van der Waals surface area contributed by atoms with Crippen LogP contribution >= 0.6 is 23.5 Å². The van der Waals surface area contributed by atoms with Crippen molar-refractivity contribution in [1.29, 1.82) is 0 Å². The van der Waals surface area contributed by atoms with Crippen LogP contribution in [-0.2, 0) is 0 Å². The lowest BCUT2D eigenvalue weighted by atomic mass is 10.1. The van der Waals surface area contributed by atoms with E-state index in [1.807, 2.05) is 17.5 Å². The minimum Gasteiger partial charge on any atom is -0.478 e. The lowest BCUT2D eigenvalue weighted by Crippen LogP contribution is -2.00. The molecule has 2 nitrogen and oxygen atoms in total. The quantitative estimate of drug-likeness (QED) is 0.837. The van der Waals surface area contributed by atoms with Gasteiger partial charge in [0, 0.05) is 15.6 Å². The first kappa shape index (κ1) is 9.68. The topological polar surface area (TPSA) is 37.3 Å². The molecule has 0 saturated heterocycles. The van der Waals surface area contributed by atoms with Crippen LogP contribution in [-0.4, -0.2) is 16.2 Å². The average molecular weight is 224 g/mol. The fourth-order valence-corrected chi connectivity index (χ4v) is 3.41. The number of carboxylic acid groups (broad SMARTS) is 1. The Kier molecular flexibility index (Phi) is 2.84. The highest BCUT2D eigenvalue weighted by Gasteiger charge is 2.15. The van der Waals surface area contributed by atoms with E-state index in [1.54, 1.807) is 35.7 Å². The highest BCUT2D eigenvalue weighted by molar-refractivity contribution is 8.25. The van der Waals surface area contributed by atoms with Gasteiger partial charge in [-0.3, -0.25) is 0 Å². The van der Waals surface area contributed by atoms with Crippen molar-refractivity contribution < 1.29 is 9.90 Å². The van der Waals surface area contributed by atoms with Crippen LogP contribution < -0.4 is 0 Å². The summed E-state index contributed by atoms with van der Waals surface area (Å²) in [5.74, 6) is -0.862. The molecule has 0 saturated carbocycles. The second-order valence-electron chi connectivity index (χ2n) is 2.76. The van der Waals surface area contributed by atoms with E-state index in [-0.39, 0.29) is 0 Å².